The molecule has 0 aromatic heterocycles. The van der Waals surface area contributed by atoms with E-state index in [1.807, 2.05) is 48.5 Å². The van der Waals surface area contributed by atoms with Gasteiger partial charge < -0.3 is 5.32 Å². The van der Waals surface area contributed by atoms with Crippen LogP contribution >= 0.6 is 0 Å². The van der Waals surface area contributed by atoms with E-state index in [1.165, 1.54) is 11.1 Å². The lowest BCUT2D eigenvalue weighted by Gasteiger charge is -2.36. The number of carbonyl (C=O) groups is 1. The summed E-state index contributed by atoms with van der Waals surface area (Å²) >= 11 is 0. The molecule has 0 fully saturated rings. The van der Waals surface area contributed by atoms with Crippen LogP contribution < -0.4 is 5.32 Å². The number of allylic oxidation sites excluding steroid dienone is 1. The number of ketones is 1. The zero-order valence-corrected chi connectivity index (χ0v) is 15.7. The van der Waals surface area contributed by atoms with Gasteiger partial charge in [-0.15, -0.1) is 0 Å². The van der Waals surface area contributed by atoms with Crippen LogP contribution in [-0.2, 0) is 6.42 Å². The highest BCUT2D eigenvalue weighted by atomic mass is 16.1. The van der Waals surface area contributed by atoms with E-state index in [1.54, 1.807) is 6.08 Å². The summed E-state index contributed by atoms with van der Waals surface area (Å²) in [6.45, 7) is 4.34. The highest BCUT2D eigenvalue weighted by Gasteiger charge is 2.28. The predicted molar refractivity (Wildman–Crippen MR) is 112 cm³/mol. The molecule has 2 nitrogen and oxygen atoms in total. The molecule has 1 aliphatic rings. The van der Waals surface area contributed by atoms with E-state index in [0.717, 1.165) is 23.2 Å². The van der Waals surface area contributed by atoms with Crippen molar-refractivity contribution in [2.24, 2.45) is 0 Å². The molecule has 0 saturated carbocycles. The summed E-state index contributed by atoms with van der Waals surface area (Å²) in [7, 11) is 0. The van der Waals surface area contributed by atoms with Gasteiger partial charge >= 0.3 is 0 Å². The molecule has 3 aromatic rings. The van der Waals surface area contributed by atoms with Crippen molar-refractivity contribution >= 4 is 11.5 Å². The Bertz CT molecular complexity index is 1000. The Balaban J connectivity index is 1.79. The van der Waals surface area contributed by atoms with Crippen LogP contribution in [0.15, 0.2) is 84.9 Å². The zero-order chi connectivity index (χ0) is 18.9. The fraction of sp³-hybridized carbons (Fsp3) is 0.160. The number of rotatable bonds is 3. The Morgan fingerprint density at radius 3 is 2.26 bits per heavy atom. The monoisotopic (exact) mass is 353 g/mol. The van der Waals surface area contributed by atoms with Gasteiger partial charge in [-0.05, 0) is 43.0 Å². The summed E-state index contributed by atoms with van der Waals surface area (Å²) in [6, 6.07) is 26.3. The Hall–Kier alpha value is -3.13. The van der Waals surface area contributed by atoms with Crippen molar-refractivity contribution in [3.05, 3.63) is 102 Å². The summed E-state index contributed by atoms with van der Waals surface area (Å²) in [4.78, 5) is 12.8. The molecule has 4 rings (SSSR count). The molecule has 3 aromatic carbocycles. The van der Waals surface area contributed by atoms with Crippen LogP contribution in [0.2, 0.25) is 0 Å². The number of carbonyl (C=O) groups excluding carboxylic acids is 1. The second kappa shape index (κ2) is 6.88. The lowest BCUT2D eigenvalue weighted by atomic mass is 9.84. The van der Waals surface area contributed by atoms with Crippen LogP contribution in [0.5, 0.6) is 0 Å². The lowest BCUT2D eigenvalue weighted by molar-refractivity contribution is 0.104. The molecule has 1 N–H and O–H groups in total. The number of hydrogen-bond acceptors (Lipinski definition) is 2. The van der Waals surface area contributed by atoms with Crippen LogP contribution in [0.25, 0.3) is 16.8 Å². The van der Waals surface area contributed by atoms with Crippen molar-refractivity contribution in [1.29, 1.82) is 0 Å². The Labute approximate surface area is 160 Å². The van der Waals surface area contributed by atoms with E-state index in [4.69, 9.17) is 0 Å². The maximum atomic E-state index is 12.8. The molecule has 1 aliphatic heterocycles. The van der Waals surface area contributed by atoms with Gasteiger partial charge in [0.2, 0.25) is 0 Å². The molecule has 27 heavy (non-hydrogen) atoms. The van der Waals surface area contributed by atoms with Crippen molar-refractivity contribution in [3.8, 4) is 11.1 Å². The van der Waals surface area contributed by atoms with E-state index < -0.39 is 0 Å². The number of benzene rings is 3. The average molecular weight is 353 g/mol. The average Bonchev–Trinajstić information content (AvgIpc) is 2.68. The highest BCUT2D eigenvalue weighted by molar-refractivity contribution is 6.08. The third-order valence-electron chi connectivity index (χ3n) is 4.95. The second-order valence-electron chi connectivity index (χ2n) is 7.71. The first kappa shape index (κ1) is 17.3. The molecule has 1 heterocycles. The Morgan fingerprint density at radius 2 is 1.56 bits per heavy atom. The van der Waals surface area contributed by atoms with Crippen LogP contribution in [0.4, 0.5) is 0 Å². The molecule has 0 amide bonds. The van der Waals surface area contributed by atoms with Crippen molar-refractivity contribution in [2.75, 3.05) is 0 Å². The first-order valence-corrected chi connectivity index (χ1v) is 9.30. The van der Waals surface area contributed by atoms with Gasteiger partial charge in [-0.1, -0.05) is 72.8 Å². The third-order valence-corrected chi connectivity index (χ3v) is 4.95. The van der Waals surface area contributed by atoms with Gasteiger partial charge in [-0.2, -0.15) is 0 Å². The SMILES string of the molecule is CC1(C)Cc2ccc(-c3ccccc3)cc2/C(=C/C(=O)c2ccccc2)N1. The van der Waals surface area contributed by atoms with E-state index in [0.29, 0.717) is 5.56 Å². The highest BCUT2D eigenvalue weighted by Crippen LogP contribution is 2.33. The standard InChI is InChI=1S/C25H23NO/c1-25(2)17-21-14-13-20(18-9-5-3-6-10-18)15-22(21)23(26-25)16-24(27)19-11-7-4-8-12-19/h3-16,26H,17H2,1-2H3/b23-16-. The first-order valence-electron chi connectivity index (χ1n) is 9.30. The van der Waals surface area contributed by atoms with E-state index in [9.17, 15) is 4.79 Å². The smallest absolute Gasteiger partial charge is 0.187 e. The fourth-order valence-electron chi connectivity index (χ4n) is 3.67. The van der Waals surface area contributed by atoms with Crippen LogP contribution in [0.1, 0.15) is 35.3 Å². The topological polar surface area (TPSA) is 29.1 Å². The van der Waals surface area contributed by atoms with Gasteiger partial charge in [0.05, 0.1) is 0 Å². The molecule has 0 bridgehead atoms. The Morgan fingerprint density at radius 1 is 0.889 bits per heavy atom. The van der Waals surface area contributed by atoms with Crippen LogP contribution in [-0.4, -0.2) is 11.3 Å². The van der Waals surface area contributed by atoms with Crippen molar-refractivity contribution in [3.63, 3.8) is 0 Å². The summed E-state index contributed by atoms with van der Waals surface area (Å²) in [5.41, 5.74) is 6.23. The van der Waals surface area contributed by atoms with E-state index >= 15 is 0 Å². The van der Waals surface area contributed by atoms with Gasteiger partial charge in [0.25, 0.3) is 0 Å². The third kappa shape index (κ3) is 3.70. The molecular weight excluding hydrogens is 330 g/mol. The van der Waals surface area contributed by atoms with E-state index in [2.05, 4.69) is 49.5 Å². The number of fused-ring (bicyclic) bond motifs is 1. The maximum Gasteiger partial charge on any atom is 0.187 e. The normalized spacial score (nSPS) is 16.4. The molecule has 0 unspecified atom stereocenters. The first-order chi connectivity index (χ1) is 13.0. The Kier molecular flexibility index (Phi) is 4.41. The van der Waals surface area contributed by atoms with Crippen molar-refractivity contribution in [2.45, 2.75) is 25.8 Å². The quantitative estimate of drug-likeness (QED) is 0.497. The van der Waals surface area contributed by atoms with Crippen LogP contribution in [0.3, 0.4) is 0 Å². The molecule has 0 aliphatic carbocycles. The van der Waals surface area contributed by atoms with Gasteiger partial charge in [0, 0.05) is 28.4 Å². The molecule has 0 spiro atoms. The molecule has 0 atom stereocenters. The maximum absolute atomic E-state index is 12.8. The lowest BCUT2D eigenvalue weighted by Crippen LogP contribution is -2.43. The number of nitrogens with one attached hydrogen (secondary N) is 1. The van der Waals surface area contributed by atoms with Crippen molar-refractivity contribution in [1.82, 2.24) is 5.32 Å². The van der Waals surface area contributed by atoms with Gasteiger partial charge in [-0.3, -0.25) is 4.79 Å². The summed E-state index contributed by atoms with van der Waals surface area (Å²) < 4.78 is 0. The molecule has 0 saturated heterocycles. The van der Waals surface area contributed by atoms with E-state index in [-0.39, 0.29) is 11.3 Å². The molecular formula is C25H23NO. The molecule has 2 heteroatoms. The molecule has 134 valence electrons. The van der Waals surface area contributed by atoms with Gasteiger partial charge in [-0.25, -0.2) is 0 Å². The van der Waals surface area contributed by atoms with Crippen LogP contribution in [0, 0.1) is 0 Å². The summed E-state index contributed by atoms with van der Waals surface area (Å²) in [5, 5.41) is 3.57. The summed E-state index contributed by atoms with van der Waals surface area (Å²) in [6.07, 6.45) is 2.66. The second-order valence-corrected chi connectivity index (χ2v) is 7.71. The zero-order valence-electron chi connectivity index (χ0n) is 15.7. The van der Waals surface area contributed by atoms with Gasteiger partial charge in [0.1, 0.15) is 0 Å². The number of hydrogen-bond donors (Lipinski definition) is 1. The predicted octanol–water partition coefficient (Wildman–Crippen LogP) is 5.50. The van der Waals surface area contributed by atoms with Gasteiger partial charge in [0.15, 0.2) is 5.78 Å². The fourth-order valence-corrected chi connectivity index (χ4v) is 3.67. The minimum Gasteiger partial charge on any atom is -0.379 e. The summed E-state index contributed by atoms with van der Waals surface area (Å²) in [5.74, 6) is 0.0202. The molecule has 0 radical (unpaired) electrons. The van der Waals surface area contributed by atoms with Crippen molar-refractivity contribution < 1.29 is 4.79 Å². The minimum absolute atomic E-state index is 0.0202. The largest absolute Gasteiger partial charge is 0.379 e. The minimum atomic E-state index is -0.0932.